The molecule has 0 saturated heterocycles. The number of aromatic amines is 1. The smallest absolute Gasteiger partial charge is 0.352 e. The number of rotatable bonds is 2. The molecule has 0 spiro atoms. The summed E-state index contributed by atoms with van der Waals surface area (Å²) in [6.07, 6.45) is 1.58. The number of aromatic carboxylic acids is 1. The molecular weight excluding hydrogens is 254 g/mol. The molecule has 0 radical (unpaired) electrons. The number of H-pyrrole nitrogens is 1. The van der Waals surface area contributed by atoms with Gasteiger partial charge in [-0.05, 0) is 30.3 Å². The van der Waals surface area contributed by atoms with Crippen molar-refractivity contribution in [2.75, 3.05) is 0 Å². The summed E-state index contributed by atoms with van der Waals surface area (Å²) < 4.78 is 5.29. The third kappa shape index (κ3) is 1.67. The predicted molar refractivity (Wildman–Crippen MR) is 68.0 cm³/mol. The first-order chi connectivity index (χ1) is 8.65. The van der Waals surface area contributed by atoms with Crippen molar-refractivity contribution in [1.29, 1.82) is 0 Å². The number of furan rings is 1. The summed E-state index contributed by atoms with van der Waals surface area (Å²) in [6.45, 7) is 0. The van der Waals surface area contributed by atoms with Gasteiger partial charge in [0.25, 0.3) is 0 Å². The van der Waals surface area contributed by atoms with E-state index in [0.717, 1.165) is 10.9 Å². The van der Waals surface area contributed by atoms with Crippen LogP contribution in [0, 0.1) is 0 Å². The maximum atomic E-state index is 10.9. The van der Waals surface area contributed by atoms with Gasteiger partial charge in [0.2, 0.25) is 0 Å². The lowest BCUT2D eigenvalue weighted by Crippen LogP contribution is -1.94. The number of halogens is 1. The Morgan fingerprint density at radius 1 is 1.33 bits per heavy atom. The van der Waals surface area contributed by atoms with E-state index < -0.39 is 5.97 Å². The SMILES string of the molecule is O=C(O)c1cc2cc(-c3ccco3)cc(Cl)c2[nH]1. The van der Waals surface area contributed by atoms with Crippen LogP contribution in [0.5, 0.6) is 0 Å². The Balaban J connectivity index is 2.24. The second-order valence-electron chi connectivity index (χ2n) is 3.89. The minimum absolute atomic E-state index is 0.114. The lowest BCUT2D eigenvalue weighted by Gasteiger charge is -1.99. The van der Waals surface area contributed by atoms with E-state index in [1.807, 2.05) is 12.1 Å². The van der Waals surface area contributed by atoms with E-state index in [1.165, 1.54) is 0 Å². The van der Waals surface area contributed by atoms with Crippen LogP contribution in [0.2, 0.25) is 5.02 Å². The Bertz CT molecular complexity index is 728. The number of benzene rings is 1. The third-order valence-corrected chi connectivity index (χ3v) is 3.01. The fraction of sp³-hybridized carbons (Fsp3) is 0. The number of hydrogen-bond acceptors (Lipinski definition) is 2. The van der Waals surface area contributed by atoms with Crippen molar-refractivity contribution in [2.24, 2.45) is 0 Å². The summed E-state index contributed by atoms with van der Waals surface area (Å²) in [6, 6.07) is 8.74. The number of fused-ring (bicyclic) bond motifs is 1. The summed E-state index contributed by atoms with van der Waals surface area (Å²) in [5.41, 5.74) is 1.54. The number of nitrogens with one attached hydrogen (secondary N) is 1. The van der Waals surface area contributed by atoms with Crippen LogP contribution < -0.4 is 0 Å². The molecular formula is C13H8ClNO3. The van der Waals surface area contributed by atoms with Gasteiger partial charge in [0, 0.05) is 10.9 Å². The Kier molecular flexibility index (Phi) is 2.38. The highest BCUT2D eigenvalue weighted by Gasteiger charge is 2.12. The Morgan fingerprint density at radius 3 is 2.83 bits per heavy atom. The van der Waals surface area contributed by atoms with Crippen molar-refractivity contribution >= 4 is 28.5 Å². The molecule has 0 saturated carbocycles. The van der Waals surface area contributed by atoms with Crippen LogP contribution in [0.15, 0.2) is 41.0 Å². The van der Waals surface area contributed by atoms with Crippen LogP contribution in [0.25, 0.3) is 22.2 Å². The van der Waals surface area contributed by atoms with Gasteiger partial charge in [-0.25, -0.2) is 4.79 Å². The first kappa shape index (κ1) is 10.9. The summed E-state index contributed by atoms with van der Waals surface area (Å²) >= 11 is 6.13. The molecule has 4 nitrogen and oxygen atoms in total. The summed E-state index contributed by atoms with van der Waals surface area (Å²) in [7, 11) is 0. The van der Waals surface area contributed by atoms with Crippen molar-refractivity contribution in [3.8, 4) is 11.3 Å². The second kappa shape index (κ2) is 3.92. The number of hydrogen-bond donors (Lipinski definition) is 2. The molecule has 2 heterocycles. The normalized spacial score (nSPS) is 10.9. The largest absolute Gasteiger partial charge is 0.477 e. The molecule has 0 aliphatic rings. The van der Waals surface area contributed by atoms with E-state index in [1.54, 1.807) is 24.5 Å². The molecule has 5 heteroatoms. The molecule has 90 valence electrons. The van der Waals surface area contributed by atoms with Gasteiger partial charge in [-0.2, -0.15) is 0 Å². The maximum Gasteiger partial charge on any atom is 0.352 e. The van der Waals surface area contributed by atoms with Crippen LogP contribution in [-0.2, 0) is 0 Å². The minimum Gasteiger partial charge on any atom is -0.477 e. The Hall–Kier alpha value is -2.20. The fourth-order valence-electron chi connectivity index (χ4n) is 1.90. The van der Waals surface area contributed by atoms with E-state index in [4.69, 9.17) is 21.1 Å². The van der Waals surface area contributed by atoms with E-state index in [-0.39, 0.29) is 5.69 Å². The molecule has 0 fully saturated rings. The molecule has 1 aromatic carbocycles. The topological polar surface area (TPSA) is 66.2 Å². The van der Waals surface area contributed by atoms with Crippen molar-refractivity contribution in [3.05, 3.63) is 47.3 Å². The van der Waals surface area contributed by atoms with Gasteiger partial charge in [-0.3, -0.25) is 0 Å². The number of aromatic nitrogens is 1. The molecule has 2 N–H and O–H groups in total. The maximum absolute atomic E-state index is 10.9. The van der Waals surface area contributed by atoms with E-state index in [0.29, 0.717) is 16.3 Å². The average molecular weight is 262 g/mol. The highest BCUT2D eigenvalue weighted by atomic mass is 35.5. The van der Waals surface area contributed by atoms with Gasteiger partial charge in [0.05, 0.1) is 16.8 Å². The average Bonchev–Trinajstić information content (AvgIpc) is 2.97. The minimum atomic E-state index is -1.01. The van der Waals surface area contributed by atoms with E-state index in [9.17, 15) is 4.79 Å². The highest BCUT2D eigenvalue weighted by molar-refractivity contribution is 6.35. The van der Waals surface area contributed by atoms with Gasteiger partial charge in [-0.1, -0.05) is 11.6 Å². The van der Waals surface area contributed by atoms with Crippen LogP contribution in [0.4, 0.5) is 0 Å². The molecule has 18 heavy (non-hydrogen) atoms. The number of carboxylic acid groups (broad SMARTS) is 1. The molecule has 0 bridgehead atoms. The molecule has 3 aromatic rings. The van der Waals surface area contributed by atoms with Crippen molar-refractivity contribution < 1.29 is 14.3 Å². The van der Waals surface area contributed by atoms with Gasteiger partial charge in [-0.15, -0.1) is 0 Å². The van der Waals surface area contributed by atoms with Gasteiger partial charge >= 0.3 is 5.97 Å². The molecule has 0 unspecified atom stereocenters. The molecule has 0 aliphatic heterocycles. The Morgan fingerprint density at radius 2 is 2.17 bits per heavy atom. The van der Waals surface area contributed by atoms with E-state index >= 15 is 0 Å². The van der Waals surface area contributed by atoms with Crippen molar-refractivity contribution in [1.82, 2.24) is 4.98 Å². The number of carboxylic acids is 1. The lowest BCUT2D eigenvalue weighted by atomic mass is 10.1. The lowest BCUT2D eigenvalue weighted by molar-refractivity contribution is 0.0691. The first-order valence-corrected chi connectivity index (χ1v) is 5.62. The van der Waals surface area contributed by atoms with Crippen LogP contribution in [0.3, 0.4) is 0 Å². The van der Waals surface area contributed by atoms with Gasteiger partial charge < -0.3 is 14.5 Å². The molecule has 2 aromatic heterocycles. The second-order valence-corrected chi connectivity index (χ2v) is 4.29. The van der Waals surface area contributed by atoms with Gasteiger partial charge in [0.1, 0.15) is 11.5 Å². The van der Waals surface area contributed by atoms with Gasteiger partial charge in [0.15, 0.2) is 0 Å². The summed E-state index contributed by atoms with van der Waals surface area (Å²) in [5.74, 6) is -0.321. The van der Waals surface area contributed by atoms with Crippen LogP contribution in [-0.4, -0.2) is 16.1 Å². The predicted octanol–water partition coefficient (Wildman–Crippen LogP) is 3.78. The zero-order chi connectivity index (χ0) is 12.7. The summed E-state index contributed by atoms with van der Waals surface area (Å²) in [4.78, 5) is 13.7. The summed E-state index contributed by atoms with van der Waals surface area (Å²) in [5, 5.41) is 10.1. The molecule has 0 atom stereocenters. The molecule has 0 aliphatic carbocycles. The molecule has 0 amide bonds. The van der Waals surface area contributed by atoms with Crippen LogP contribution in [0.1, 0.15) is 10.5 Å². The zero-order valence-corrected chi connectivity index (χ0v) is 9.86. The molecule has 3 rings (SSSR count). The van der Waals surface area contributed by atoms with Crippen LogP contribution >= 0.6 is 11.6 Å². The first-order valence-electron chi connectivity index (χ1n) is 5.24. The van der Waals surface area contributed by atoms with E-state index in [2.05, 4.69) is 4.98 Å². The number of carbonyl (C=O) groups is 1. The standard InChI is InChI=1S/C13H8ClNO3/c14-9-5-7(11-2-1-3-18-11)4-8-6-10(13(16)17)15-12(8)9/h1-6,15H,(H,16,17). The third-order valence-electron chi connectivity index (χ3n) is 2.72. The highest BCUT2D eigenvalue weighted by Crippen LogP contribution is 2.31. The fourth-order valence-corrected chi connectivity index (χ4v) is 2.17. The quantitative estimate of drug-likeness (QED) is 0.738. The zero-order valence-electron chi connectivity index (χ0n) is 9.11. The van der Waals surface area contributed by atoms with Crippen molar-refractivity contribution in [3.63, 3.8) is 0 Å². The van der Waals surface area contributed by atoms with Crippen molar-refractivity contribution in [2.45, 2.75) is 0 Å². The monoisotopic (exact) mass is 261 g/mol. The Labute approximate surface area is 107 Å².